The third kappa shape index (κ3) is 4.26. The Morgan fingerprint density at radius 3 is 2.50 bits per heavy atom. The quantitative estimate of drug-likeness (QED) is 0.477. The molecule has 0 bridgehead atoms. The van der Waals surface area contributed by atoms with Crippen molar-refractivity contribution in [2.24, 2.45) is 7.05 Å². The molecule has 0 atom stereocenters. The molecule has 1 aliphatic heterocycles. The molecule has 8 nitrogen and oxygen atoms in total. The number of aryl methyl sites for hydroxylation is 2. The number of nitrogens with one attached hydrogen (secondary N) is 1. The Labute approximate surface area is 202 Å². The molecule has 176 valence electrons. The van der Waals surface area contributed by atoms with E-state index >= 15 is 0 Å². The lowest BCUT2D eigenvalue weighted by Crippen LogP contribution is -2.47. The van der Waals surface area contributed by atoms with Gasteiger partial charge in [0.15, 0.2) is 11.2 Å². The Hall–Kier alpha value is -3.36. The van der Waals surface area contributed by atoms with Gasteiger partial charge in [0.25, 0.3) is 5.56 Å². The molecule has 1 fully saturated rings. The second kappa shape index (κ2) is 9.12. The fourth-order valence-corrected chi connectivity index (χ4v) is 4.78. The van der Waals surface area contributed by atoms with Crippen molar-refractivity contribution in [3.05, 3.63) is 91.1 Å². The van der Waals surface area contributed by atoms with Gasteiger partial charge in [0.1, 0.15) is 0 Å². The van der Waals surface area contributed by atoms with Gasteiger partial charge in [-0.3, -0.25) is 23.8 Å². The highest BCUT2D eigenvalue weighted by Gasteiger charge is 2.25. The number of anilines is 1. The summed E-state index contributed by atoms with van der Waals surface area (Å²) in [6.07, 6.45) is 0. The van der Waals surface area contributed by atoms with Crippen molar-refractivity contribution in [2.75, 3.05) is 31.1 Å². The van der Waals surface area contributed by atoms with E-state index in [9.17, 15) is 9.59 Å². The number of hydrogen-bond donors (Lipinski definition) is 1. The molecule has 4 aromatic rings. The van der Waals surface area contributed by atoms with Gasteiger partial charge in [-0.25, -0.2) is 4.79 Å². The summed E-state index contributed by atoms with van der Waals surface area (Å²) in [4.78, 5) is 36.9. The number of aromatic nitrogens is 4. The maximum atomic E-state index is 12.8. The SMILES string of the molecule is Cc1cccc(Cn2c(N3CCN(Cc4ccccc4Cl)CC3)nc3c2c(=O)[nH]c(=O)n3C)c1. The van der Waals surface area contributed by atoms with Gasteiger partial charge in [-0.15, -0.1) is 0 Å². The number of benzene rings is 2. The molecule has 0 saturated carbocycles. The number of imidazole rings is 1. The van der Waals surface area contributed by atoms with Crippen LogP contribution in [0.25, 0.3) is 11.2 Å². The number of aromatic amines is 1. The minimum Gasteiger partial charge on any atom is -0.340 e. The molecule has 1 aliphatic rings. The van der Waals surface area contributed by atoms with E-state index in [0.29, 0.717) is 23.7 Å². The number of hydrogen-bond acceptors (Lipinski definition) is 5. The molecular weight excluding hydrogens is 452 g/mol. The summed E-state index contributed by atoms with van der Waals surface area (Å²) in [6, 6.07) is 16.1. The zero-order valence-corrected chi connectivity index (χ0v) is 20.0. The van der Waals surface area contributed by atoms with Gasteiger partial charge in [0.2, 0.25) is 5.95 Å². The summed E-state index contributed by atoms with van der Waals surface area (Å²) < 4.78 is 3.34. The van der Waals surface area contributed by atoms with Gasteiger partial charge in [-0.05, 0) is 24.1 Å². The van der Waals surface area contributed by atoms with Crippen LogP contribution >= 0.6 is 11.6 Å². The third-order valence-electron chi connectivity index (χ3n) is 6.42. The standard InChI is InChI=1S/C25H27ClN6O2/c1-17-6-5-7-18(14-17)15-32-21-22(29(2)25(34)28-23(21)33)27-24(32)31-12-10-30(11-13-31)16-19-8-3-4-9-20(19)26/h3-9,14H,10-13,15-16H2,1-2H3,(H,28,33,34). The highest BCUT2D eigenvalue weighted by Crippen LogP contribution is 2.24. The number of piperazine rings is 1. The van der Waals surface area contributed by atoms with E-state index in [1.807, 2.05) is 47.9 Å². The average Bonchev–Trinajstić information content (AvgIpc) is 3.19. The van der Waals surface area contributed by atoms with Crippen LogP contribution < -0.4 is 16.1 Å². The van der Waals surface area contributed by atoms with Crippen molar-refractivity contribution in [3.63, 3.8) is 0 Å². The molecule has 9 heteroatoms. The maximum absolute atomic E-state index is 12.8. The van der Waals surface area contributed by atoms with E-state index in [1.54, 1.807) is 7.05 Å². The molecule has 0 amide bonds. The smallest absolute Gasteiger partial charge is 0.329 e. The zero-order valence-electron chi connectivity index (χ0n) is 19.3. The van der Waals surface area contributed by atoms with E-state index in [1.165, 1.54) is 4.57 Å². The van der Waals surface area contributed by atoms with E-state index in [4.69, 9.17) is 16.6 Å². The van der Waals surface area contributed by atoms with Crippen LogP contribution in [0.1, 0.15) is 16.7 Å². The lowest BCUT2D eigenvalue weighted by atomic mass is 10.1. The number of halogens is 1. The molecule has 2 aromatic carbocycles. The monoisotopic (exact) mass is 478 g/mol. The first-order valence-electron chi connectivity index (χ1n) is 11.4. The van der Waals surface area contributed by atoms with Crippen molar-refractivity contribution < 1.29 is 0 Å². The number of fused-ring (bicyclic) bond motifs is 1. The van der Waals surface area contributed by atoms with Crippen LogP contribution in [0.5, 0.6) is 0 Å². The van der Waals surface area contributed by atoms with Crippen LogP contribution in [-0.4, -0.2) is 50.2 Å². The molecular formula is C25H27ClN6O2. The van der Waals surface area contributed by atoms with Gasteiger partial charge in [-0.1, -0.05) is 59.6 Å². The molecule has 1 N–H and O–H groups in total. The van der Waals surface area contributed by atoms with Crippen LogP contribution in [0.3, 0.4) is 0 Å². The molecule has 5 rings (SSSR count). The van der Waals surface area contributed by atoms with Crippen LogP contribution in [0.15, 0.2) is 58.1 Å². The molecule has 0 radical (unpaired) electrons. The Bertz CT molecular complexity index is 1460. The Balaban J connectivity index is 1.47. The first-order chi connectivity index (χ1) is 16.4. The Morgan fingerprint density at radius 2 is 1.76 bits per heavy atom. The van der Waals surface area contributed by atoms with E-state index in [0.717, 1.165) is 54.4 Å². The van der Waals surface area contributed by atoms with Crippen LogP contribution in [0, 0.1) is 6.92 Å². The number of nitrogens with zero attached hydrogens (tertiary/aromatic N) is 5. The van der Waals surface area contributed by atoms with Gasteiger partial charge in [-0.2, -0.15) is 4.98 Å². The van der Waals surface area contributed by atoms with Crippen LogP contribution in [0.2, 0.25) is 5.02 Å². The summed E-state index contributed by atoms with van der Waals surface area (Å²) in [5.41, 5.74) is 3.28. The van der Waals surface area contributed by atoms with Crippen LogP contribution in [0.4, 0.5) is 5.95 Å². The van der Waals surface area contributed by atoms with Crippen LogP contribution in [-0.2, 0) is 20.1 Å². The summed E-state index contributed by atoms with van der Waals surface area (Å²) in [5, 5.41) is 0.782. The van der Waals surface area contributed by atoms with Crippen molar-refractivity contribution >= 4 is 28.7 Å². The fourth-order valence-electron chi connectivity index (χ4n) is 4.58. The number of rotatable bonds is 5. The normalized spacial score (nSPS) is 14.7. The lowest BCUT2D eigenvalue weighted by Gasteiger charge is -2.35. The highest BCUT2D eigenvalue weighted by atomic mass is 35.5. The zero-order chi connectivity index (χ0) is 23.8. The predicted octanol–water partition coefficient (Wildman–Crippen LogP) is 2.76. The summed E-state index contributed by atoms with van der Waals surface area (Å²) >= 11 is 6.35. The molecule has 2 aromatic heterocycles. The van der Waals surface area contributed by atoms with Crippen molar-refractivity contribution in [2.45, 2.75) is 20.0 Å². The van der Waals surface area contributed by atoms with E-state index < -0.39 is 11.2 Å². The van der Waals surface area contributed by atoms with Crippen molar-refractivity contribution in [1.82, 2.24) is 24.0 Å². The van der Waals surface area contributed by atoms with Gasteiger partial charge < -0.3 is 4.90 Å². The average molecular weight is 479 g/mol. The van der Waals surface area contributed by atoms with E-state index in [-0.39, 0.29) is 0 Å². The topological polar surface area (TPSA) is 79.2 Å². The second-order valence-corrected chi connectivity index (χ2v) is 9.24. The fraction of sp³-hybridized carbons (Fsp3) is 0.320. The Kier molecular flexibility index (Phi) is 6.02. The minimum absolute atomic E-state index is 0.398. The molecule has 0 aliphatic carbocycles. The van der Waals surface area contributed by atoms with E-state index in [2.05, 4.69) is 26.9 Å². The molecule has 34 heavy (non-hydrogen) atoms. The molecule has 3 heterocycles. The van der Waals surface area contributed by atoms with Crippen molar-refractivity contribution in [1.29, 1.82) is 0 Å². The highest BCUT2D eigenvalue weighted by molar-refractivity contribution is 6.31. The lowest BCUT2D eigenvalue weighted by molar-refractivity contribution is 0.248. The Morgan fingerprint density at radius 1 is 1.00 bits per heavy atom. The molecule has 0 spiro atoms. The largest absolute Gasteiger partial charge is 0.340 e. The van der Waals surface area contributed by atoms with Gasteiger partial charge >= 0.3 is 5.69 Å². The molecule has 1 saturated heterocycles. The third-order valence-corrected chi connectivity index (χ3v) is 6.79. The van der Waals surface area contributed by atoms with Gasteiger partial charge in [0, 0.05) is 44.8 Å². The number of H-pyrrole nitrogens is 1. The first-order valence-corrected chi connectivity index (χ1v) is 11.7. The summed E-state index contributed by atoms with van der Waals surface area (Å²) in [5.74, 6) is 0.709. The maximum Gasteiger partial charge on any atom is 0.329 e. The second-order valence-electron chi connectivity index (χ2n) is 8.83. The first kappa shape index (κ1) is 22.4. The molecule has 0 unspecified atom stereocenters. The minimum atomic E-state index is -0.464. The van der Waals surface area contributed by atoms with Crippen molar-refractivity contribution in [3.8, 4) is 0 Å². The summed E-state index contributed by atoms with van der Waals surface area (Å²) in [7, 11) is 1.63. The predicted molar refractivity (Wildman–Crippen MR) is 135 cm³/mol. The summed E-state index contributed by atoms with van der Waals surface area (Å²) in [6.45, 7) is 6.53. The van der Waals surface area contributed by atoms with Gasteiger partial charge in [0.05, 0.1) is 6.54 Å².